The van der Waals surface area contributed by atoms with Crippen LogP contribution in [0.4, 0.5) is 5.69 Å². The van der Waals surface area contributed by atoms with Gasteiger partial charge in [0, 0.05) is 32.7 Å². The van der Waals surface area contributed by atoms with E-state index >= 15 is 0 Å². The van der Waals surface area contributed by atoms with Crippen LogP contribution in [0.3, 0.4) is 0 Å². The Kier molecular flexibility index (Phi) is 6.53. The molecule has 1 atom stereocenters. The monoisotopic (exact) mass is 455 g/mol. The van der Waals surface area contributed by atoms with Crippen LogP contribution in [0.15, 0.2) is 54.6 Å². The number of carbonyl (C=O) groups is 1. The van der Waals surface area contributed by atoms with Gasteiger partial charge in [-0.25, -0.2) is 8.42 Å². The molecule has 2 aromatic carbocycles. The summed E-state index contributed by atoms with van der Waals surface area (Å²) in [5.41, 5.74) is 2.59. The number of anilines is 1. The third-order valence-electron chi connectivity index (χ3n) is 5.82. The summed E-state index contributed by atoms with van der Waals surface area (Å²) in [6.07, 6.45) is 4.56. The van der Waals surface area contributed by atoms with Crippen LogP contribution in [0.25, 0.3) is 6.08 Å². The number of carbonyl (C=O) groups excluding carboxylic acids is 1. The molecule has 2 aliphatic rings. The van der Waals surface area contributed by atoms with Crippen LogP contribution in [0.2, 0.25) is 0 Å². The Labute approximate surface area is 189 Å². The van der Waals surface area contributed by atoms with Crippen molar-refractivity contribution >= 4 is 27.7 Å². The van der Waals surface area contributed by atoms with Gasteiger partial charge in [-0.15, -0.1) is 0 Å². The highest BCUT2D eigenvalue weighted by molar-refractivity contribution is 7.92. The molecule has 32 heavy (non-hydrogen) atoms. The van der Waals surface area contributed by atoms with E-state index in [2.05, 4.69) is 29.2 Å². The van der Waals surface area contributed by atoms with Gasteiger partial charge in [0.15, 0.2) is 6.10 Å². The van der Waals surface area contributed by atoms with Crippen LogP contribution in [0.5, 0.6) is 5.75 Å². The molecule has 0 N–H and O–H groups in total. The molecule has 4 rings (SSSR count). The molecule has 0 aromatic heterocycles. The standard InChI is InChI=1S/C24H29N3O4S/c1-19-10-11-22-21(17-19)27(32(2,29)30)18-23(31-22)24(28)26-15-13-25(14-16-26)12-6-9-20-7-4-3-5-8-20/h3-11,17,23H,12-16,18H2,1-2H3/b9-6+. The number of hydrogen-bond acceptors (Lipinski definition) is 5. The number of nitrogens with zero attached hydrogens (tertiary/aromatic N) is 3. The molecule has 0 radical (unpaired) electrons. The molecule has 1 saturated heterocycles. The lowest BCUT2D eigenvalue weighted by molar-refractivity contribution is -0.140. The van der Waals surface area contributed by atoms with Gasteiger partial charge < -0.3 is 9.64 Å². The maximum Gasteiger partial charge on any atom is 0.265 e. The van der Waals surface area contributed by atoms with Gasteiger partial charge in [-0.3, -0.25) is 14.0 Å². The summed E-state index contributed by atoms with van der Waals surface area (Å²) in [4.78, 5) is 17.2. The van der Waals surface area contributed by atoms with E-state index in [1.807, 2.05) is 31.2 Å². The first-order chi connectivity index (χ1) is 15.3. The van der Waals surface area contributed by atoms with E-state index in [9.17, 15) is 13.2 Å². The van der Waals surface area contributed by atoms with E-state index in [-0.39, 0.29) is 12.5 Å². The molecule has 7 nitrogen and oxygen atoms in total. The maximum absolute atomic E-state index is 13.2. The molecule has 0 spiro atoms. The minimum absolute atomic E-state index is 0.00581. The van der Waals surface area contributed by atoms with E-state index in [0.29, 0.717) is 24.5 Å². The largest absolute Gasteiger partial charge is 0.476 e. The number of benzene rings is 2. The van der Waals surface area contributed by atoms with Crippen LogP contribution in [0.1, 0.15) is 11.1 Å². The van der Waals surface area contributed by atoms with Crippen LogP contribution in [-0.4, -0.2) is 75.8 Å². The Morgan fingerprint density at radius 3 is 2.50 bits per heavy atom. The van der Waals surface area contributed by atoms with Crippen molar-refractivity contribution in [2.24, 2.45) is 0 Å². The van der Waals surface area contributed by atoms with Crippen molar-refractivity contribution in [3.63, 3.8) is 0 Å². The van der Waals surface area contributed by atoms with Crippen LogP contribution in [-0.2, 0) is 14.8 Å². The Morgan fingerprint density at radius 2 is 1.81 bits per heavy atom. The smallest absolute Gasteiger partial charge is 0.265 e. The van der Waals surface area contributed by atoms with Gasteiger partial charge in [-0.2, -0.15) is 0 Å². The van der Waals surface area contributed by atoms with Gasteiger partial charge in [0.25, 0.3) is 5.91 Å². The SMILES string of the molecule is Cc1ccc2c(c1)N(S(C)(=O)=O)CC(C(=O)N1CCN(C/C=C/c3ccccc3)CC1)O2. The summed E-state index contributed by atoms with van der Waals surface area (Å²) in [6, 6.07) is 15.5. The minimum Gasteiger partial charge on any atom is -0.476 e. The summed E-state index contributed by atoms with van der Waals surface area (Å²) in [5, 5.41) is 0. The third-order valence-corrected chi connectivity index (χ3v) is 6.96. The zero-order valence-electron chi connectivity index (χ0n) is 18.5. The fourth-order valence-corrected chi connectivity index (χ4v) is 4.97. The Balaban J connectivity index is 1.37. The highest BCUT2D eigenvalue weighted by atomic mass is 32.2. The van der Waals surface area contributed by atoms with Crippen molar-refractivity contribution in [2.75, 3.05) is 49.8 Å². The number of piperazine rings is 1. The number of ether oxygens (including phenoxy) is 1. The molecule has 0 aliphatic carbocycles. The fourth-order valence-electron chi connectivity index (χ4n) is 4.06. The van der Waals surface area contributed by atoms with Crippen LogP contribution in [0, 0.1) is 6.92 Å². The molecule has 0 bridgehead atoms. The molecule has 0 saturated carbocycles. The predicted molar refractivity (Wildman–Crippen MR) is 126 cm³/mol. The lowest BCUT2D eigenvalue weighted by Gasteiger charge is -2.39. The molecule has 1 unspecified atom stereocenters. The summed E-state index contributed by atoms with van der Waals surface area (Å²) >= 11 is 0. The summed E-state index contributed by atoms with van der Waals surface area (Å²) < 4.78 is 32.0. The van der Waals surface area contributed by atoms with Crippen LogP contribution >= 0.6 is 0 Å². The Hall–Kier alpha value is -2.84. The van der Waals surface area contributed by atoms with E-state index < -0.39 is 16.1 Å². The van der Waals surface area contributed by atoms with Crippen molar-refractivity contribution in [1.29, 1.82) is 0 Å². The van der Waals surface area contributed by atoms with Crippen molar-refractivity contribution in [1.82, 2.24) is 9.80 Å². The van der Waals surface area contributed by atoms with Crippen molar-refractivity contribution in [3.8, 4) is 5.75 Å². The molecular weight excluding hydrogens is 426 g/mol. The lowest BCUT2D eigenvalue weighted by Crippen LogP contribution is -2.56. The highest BCUT2D eigenvalue weighted by Gasteiger charge is 2.37. The number of aryl methyl sites for hydroxylation is 1. The Bertz CT molecular complexity index is 1090. The second-order valence-corrected chi connectivity index (χ2v) is 10.2. The minimum atomic E-state index is -3.53. The van der Waals surface area contributed by atoms with Gasteiger partial charge in [-0.05, 0) is 30.2 Å². The Morgan fingerprint density at radius 1 is 1.09 bits per heavy atom. The van der Waals surface area contributed by atoms with Gasteiger partial charge in [0.2, 0.25) is 10.0 Å². The molecule has 2 aromatic rings. The number of rotatable bonds is 5. The summed E-state index contributed by atoms with van der Waals surface area (Å²) in [6.45, 7) is 5.44. The molecule has 2 aliphatic heterocycles. The quantitative estimate of drug-likeness (QED) is 0.692. The van der Waals surface area contributed by atoms with Crippen molar-refractivity contribution < 1.29 is 17.9 Å². The number of hydrogen-bond donors (Lipinski definition) is 0. The molecule has 170 valence electrons. The molecular formula is C24H29N3O4S. The van der Waals surface area contributed by atoms with Gasteiger partial charge >= 0.3 is 0 Å². The van der Waals surface area contributed by atoms with Crippen molar-refractivity contribution in [3.05, 3.63) is 65.7 Å². The predicted octanol–water partition coefficient (Wildman–Crippen LogP) is 2.38. The van der Waals surface area contributed by atoms with E-state index in [1.54, 1.807) is 17.0 Å². The van der Waals surface area contributed by atoms with E-state index in [4.69, 9.17) is 4.74 Å². The average molecular weight is 456 g/mol. The van der Waals surface area contributed by atoms with E-state index in [0.717, 1.165) is 31.5 Å². The topological polar surface area (TPSA) is 70.2 Å². The number of fused-ring (bicyclic) bond motifs is 1. The van der Waals surface area contributed by atoms with Gasteiger partial charge in [0.05, 0.1) is 18.5 Å². The second-order valence-electron chi connectivity index (χ2n) is 8.31. The zero-order chi connectivity index (χ0) is 22.7. The molecule has 1 fully saturated rings. The second kappa shape index (κ2) is 9.34. The molecule has 1 amide bonds. The zero-order valence-corrected chi connectivity index (χ0v) is 19.3. The summed E-state index contributed by atoms with van der Waals surface area (Å²) in [5.74, 6) is 0.264. The molecule has 8 heteroatoms. The fraction of sp³-hybridized carbons (Fsp3) is 0.375. The first-order valence-electron chi connectivity index (χ1n) is 10.8. The molecule has 2 heterocycles. The van der Waals surface area contributed by atoms with Gasteiger partial charge in [0.1, 0.15) is 5.75 Å². The third kappa shape index (κ3) is 5.14. The normalized spacial score (nSPS) is 19.6. The summed E-state index contributed by atoms with van der Waals surface area (Å²) in [7, 11) is -3.53. The first-order valence-corrected chi connectivity index (χ1v) is 12.6. The number of sulfonamides is 1. The van der Waals surface area contributed by atoms with Crippen molar-refractivity contribution in [2.45, 2.75) is 13.0 Å². The lowest BCUT2D eigenvalue weighted by atomic mass is 10.1. The first kappa shape index (κ1) is 22.4. The maximum atomic E-state index is 13.2. The highest BCUT2D eigenvalue weighted by Crippen LogP contribution is 2.36. The van der Waals surface area contributed by atoms with Gasteiger partial charge in [-0.1, -0.05) is 48.6 Å². The van der Waals surface area contributed by atoms with Crippen LogP contribution < -0.4 is 9.04 Å². The average Bonchev–Trinajstić information content (AvgIpc) is 2.78. The number of amides is 1. The van der Waals surface area contributed by atoms with E-state index in [1.165, 1.54) is 9.87 Å².